The van der Waals surface area contributed by atoms with Gasteiger partial charge in [0.25, 0.3) is 11.5 Å². The van der Waals surface area contributed by atoms with E-state index in [9.17, 15) is 9.59 Å². The summed E-state index contributed by atoms with van der Waals surface area (Å²) in [6, 6.07) is 1.55. The molecule has 1 saturated heterocycles. The van der Waals surface area contributed by atoms with E-state index in [0.29, 0.717) is 18.1 Å². The number of amides is 1. The maximum Gasteiger partial charge on any atom is 0.273 e. The van der Waals surface area contributed by atoms with Crippen LogP contribution in [0.4, 0.5) is 0 Å². The number of nitrogens with one attached hydrogen (secondary N) is 1. The Morgan fingerprint density at radius 2 is 2.29 bits per heavy atom. The van der Waals surface area contributed by atoms with E-state index in [2.05, 4.69) is 21.9 Å². The minimum absolute atomic E-state index is 0.0140. The van der Waals surface area contributed by atoms with Crippen molar-refractivity contribution in [2.24, 2.45) is 0 Å². The fourth-order valence-electron chi connectivity index (χ4n) is 3.11. The van der Waals surface area contributed by atoms with Crippen LogP contribution in [-0.2, 0) is 6.42 Å². The van der Waals surface area contributed by atoms with E-state index >= 15 is 0 Å². The molecule has 1 aliphatic heterocycles. The number of aryl methyl sites for hydroxylation is 2. The topological polar surface area (TPSA) is 79.0 Å². The van der Waals surface area contributed by atoms with Crippen molar-refractivity contribution in [3.05, 3.63) is 44.0 Å². The zero-order chi connectivity index (χ0) is 17.1. The predicted molar refractivity (Wildman–Crippen MR) is 93.6 cm³/mol. The summed E-state index contributed by atoms with van der Waals surface area (Å²) in [5, 5.41) is 2.87. The quantitative estimate of drug-likeness (QED) is 0.922. The van der Waals surface area contributed by atoms with Crippen LogP contribution in [0.15, 0.2) is 16.2 Å². The maximum atomic E-state index is 12.7. The summed E-state index contributed by atoms with van der Waals surface area (Å²) >= 11 is 1.55. The number of aromatic amines is 1. The molecule has 0 aromatic carbocycles. The van der Waals surface area contributed by atoms with Crippen molar-refractivity contribution < 1.29 is 4.79 Å². The number of likely N-dealkylation sites (tertiary alicyclic amines) is 1. The van der Waals surface area contributed by atoms with E-state index in [1.807, 2.05) is 10.3 Å². The second-order valence-electron chi connectivity index (χ2n) is 6.22. The van der Waals surface area contributed by atoms with E-state index in [-0.39, 0.29) is 17.4 Å². The number of carbonyl (C=O) groups is 1. The molecule has 2 aromatic rings. The number of nitrogens with zero attached hydrogens (tertiary/aromatic N) is 3. The predicted octanol–water partition coefficient (Wildman–Crippen LogP) is 2.51. The molecule has 3 heterocycles. The van der Waals surface area contributed by atoms with Gasteiger partial charge in [-0.3, -0.25) is 9.59 Å². The van der Waals surface area contributed by atoms with Crippen molar-refractivity contribution in [2.75, 3.05) is 13.1 Å². The van der Waals surface area contributed by atoms with Crippen LogP contribution >= 0.6 is 11.3 Å². The van der Waals surface area contributed by atoms with Crippen molar-refractivity contribution in [1.82, 2.24) is 19.9 Å². The first-order valence-corrected chi connectivity index (χ1v) is 9.26. The van der Waals surface area contributed by atoms with Gasteiger partial charge in [0.1, 0.15) is 11.5 Å². The normalized spacial score (nSPS) is 17.9. The molecule has 24 heavy (non-hydrogen) atoms. The van der Waals surface area contributed by atoms with Gasteiger partial charge in [-0.15, -0.1) is 11.3 Å². The molecular weight excluding hydrogens is 324 g/mol. The number of H-pyrrole nitrogens is 1. The molecule has 1 amide bonds. The van der Waals surface area contributed by atoms with E-state index in [1.165, 1.54) is 0 Å². The summed E-state index contributed by atoms with van der Waals surface area (Å²) in [6.07, 6.45) is 3.80. The molecule has 0 aliphatic carbocycles. The van der Waals surface area contributed by atoms with Crippen LogP contribution in [0.2, 0.25) is 0 Å². The Labute approximate surface area is 145 Å². The first kappa shape index (κ1) is 16.8. The van der Waals surface area contributed by atoms with Crippen molar-refractivity contribution in [1.29, 1.82) is 0 Å². The van der Waals surface area contributed by atoms with Crippen LogP contribution in [0.1, 0.15) is 59.1 Å². The van der Waals surface area contributed by atoms with E-state index < -0.39 is 0 Å². The van der Waals surface area contributed by atoms with E-state index in [4.69, 9.17) is 0 Å². The highest BCUT2D eigenvalue weighted by Gasteiger charge is 2.27. The Hall–Kier alpha value is -2.02. The number of hydrogen-bond acceptors (Lipinski definition) is 5. The van der Waals surface area contributed by atoms with Crippen molar-refractivity contribution in [2.45, 2.75) is 45.4 Å². The first-order valence-electron chi connectivity index (χ1n) is 8.38. The minimum Gasteiger partial charge on any atom is -0.337 e. The van der Waals surface area contributed by atoms with Gasteiger partial charge in [-0.25, -0.2) is 9.97 Å². The lowest BCUT2D eigenvalue weighted by molar-refractivity contribution is 0.0700. The molecule has 128 valence electrons. The van der Waals surface area contributed by atoms with Gasteiger partial charge >= 0.3 is 0 Å². The second kappa shape index (κ2) is 7.25. The lowest BCUT2D eigenvalue weighted by atomic mass is 9.94. The first-order chi connectivity index (χ1) is 11.6. The van der Waals surface area contributed by atoms with Gasteiger partial charge in [0, 0.05) is 30.5 Å². The summed E-state index contributed by atoms with van der Waals surface area (Å²) in [4.78, 5) is 37.8. The number of thiazole rings is 1. The molecule has 3 rings (SSSR count). The van der Waals surface area contributed by atoms with Gasteiger partial charge in [0.15, 0.2) is 0 Å². The van der Waals surface area contributed by atoms with Crippen molar-refractivity contribution in [3.8, 4) is 0 Å². The third-order valence-corrected chi connectivity index (χ3v) is 5.15. The van der Waals surface area contributed by atoms with Gasteiger partial charge in [-0.2, -0.15) is 0 Å². The Balaban J connectivity index is 1.74. The van der Waals surface area contributed by atoms with Crippen LogP contribution in [0, 0.1) is 6.92 Å². The van der Waals surface area contributed by atoms with Crippen LogP contribution in [0.3, 0.4) is 0 Å². The SMILES string of the molecule is CCCc1nc(C(=O)N2CCCC(c3cc(=O)[nH]c(C)n3)C2)cs1. The lowest BCUT2D eigenvalue weighted by Gasteiger charge is -2.32. The fraction of sp³-hybridized carbons (Fsp3) is 0.529. The largest absolute Gasteiger partial charge is 0.337 e. The molecule has 1 atom stereocenters. The molecule has 0 radical (unpaired) electrons. The van der Waals surface area contributed by atoms with Crippen LogP contribution in [0.5, 0.6) is 0 Å². The molecule has 1 unspecified atom stereocenters. The molecule has 0 spiro atoms. The average molecular weight is 346 g/mol. The molecule has 0 bridgehead atoms. The number of aromatic nitrogens is 3. The van der Waals surface area contributed by atoms with Crippen LogP contribution < -0.4 is 5.56 Å². The highest BCUT2D eigenvalue weighted by atomic mass is 32.1. The lowest BCUT2D eigenvalue weighted by Crippen LogP contribution is -2.39. The third kappa shape index (κ3) is 3.72. The Morgan fingerprint density at radius 3 is 3.04 bits per heavy atom. The summed E-state index contributed by atoms with van der Waals surface area (Å²) in [6.45, 7) is 5.21. The standard InChI is InChI=1S/C17H22N4O2S/c1-3-5-16-20-14(10-24-16)17(23)21-7-4-6-12(9-21)13-8-15(22)19-11(2)18-13/h8,10,12H,3-7,9H2,1-2H3,(H,18,19,22). The van der Waals surface area contributed by atoms with Crippen molar-refractivity contribution in [3.63, 3.8) is 0 Å². The molecule has 2 aromatic heterocycles. The van der Waals surface area contributed by atoms with Gasteiger partial charge in [0.2, 0.25) is 0 Å². The number of rotatable bonds is 4. The molecule has 1 N–H and O–H groups in total. The summed E-state index contributed by atoms with van der Waals surface area (Å²) in [7, 11) is 0. The molecular formula is C17H22N4O2S. The highest BCUT2D eigenvalue weighted by Crippen LogP contribution is 2.26. The van der Waals surface area contributed by atoms with Gasteiger partial charge < -0.3 is 9.88 Å². The van der Waals surface area contributed by atoms with Gasteiger partial charge in [0.05, 0.1) is 10.7 Å². The number of carbonyl (C=O) groups excluding carboxylic acids is 1. The number of piperidine rings is 1. The van der Waals surface area contributed by atoms with E-state index in [1.54, 1.807) is 24.3 Å². The molecule has 6 nitrogen and oxygen atoms in total. The Bertz CT molecular complexity index is 783. The summed E-state index contributed by atoms with van der Waals surface area (Å²) in [5.41, 5.74) is 1.18. The maximum absolute atomic E-state index is 12.7. The minimum atomic E-state index is -0.135. The van der Waals surface area contributed by atoms with Crippen LogP contribution in [-0.4, -0.2) is 38.8 Å². The van der Waals surface area contributed by atoms with Gasteiger partial charge in [-0.05, 0) is 32.6 Å². The Morgan fingerprint density at radius 1 is 1.46 bits per heavy atom. The average Bonchev–Trinajstić information content (AvgIpc) is 3.02. The second-order valence-corrected chi connectivity index (χ2v) is 7.17. The van der Waals surface area contributed by atoms with E-state index in [0.717, 1.165) is 42.9 Å². The zero-order valence-corrected chi connectivity index (χ0v) is 14.9. The highest BCUT2D eigenvalue weighted by molar-refractivity contribution is 7.09. The van der Waals surface area contributed by atoms with Crippen LogP contribution in [0.25, 0.3) is 0 Å². The third-order valence-electron chi connectivity index (χ3n) is 4.24. The van der Waals surface area contributed by atoms with Crippen molar-refractivity contribution >= 4 is 17.2 Å². The molecule has 1 aliphatic rings. The zero-order valence-electron chi connectivity index (χ0n) is 14.0. The summed E-state index contributed by atoms with van der Waals surface area (Å²) in [5.74, 6) is 0.710. The van der Waals surface area contributed by atoms with Gasteiger partial charge in [-0.1, -0.05) is 6.92 Å². The number of hydrogen-bond donors (Lipinski definition) is 1. The monoisotopic (exact) mass is 346 g/mol. The molecule has 0 saturated carbocycles. The summed E-state index contributed by atoms with van der Waals surface area (Å²) < 4.78 is 0. The molecule has 7 heteroatoms. The fourth-order valence-corrected chi connectivity index (χ4v) is 3.99. The Kier molecular flexibility index (Phi) is 5.08. The molecule has 1 fully saturated rings. The smallest absolute Gasteiger partial charge is 0.273 e.